The first kappa shape index (κ1) is 13.5. The number of rotatable bonds is 0. The molecule has 0 aliphatic heterocycles. The quantitative estimate of drug-likeness (QED) is 0.720. The van der Waals surface area contributed by atoms with Gasteiger partial charge in [-0.05, 0) is 58.6 Å². The molecule has 0 saturated carbocycles. The van der Waals surface area contributed by atoms with Crippen molar-refractivity contribution in [1.82, 2.24) is 8.97 Å². The van der Waals surface area contributed by atoms with Crippen LogP contribution in [-0.2, 0) is 18.4 Å². The zero-order valence-electron chi connectivity index (χ0n) is 12.8. The summed E-state index contributed by atoms with van der Waals surface area (Å²) in [5, 5.41) is 0. The fraction of sp³-hybridized carbons (Fsp3) is 0.588. The van der Waals surface area contributed by atoms with E-state index in [2.05, 4.69) is 25.2 Å². The highest BCUT2D eigenvalue weighted by Gasteiger charge is 2.24. The highest BCUT2D eigenvalue weighted by atomic mass is 16.1. The monoisotopic (exact) mass is 272 g/mol. The highest BCUT2D eigenvalue weighted by Crippen LogP contribution is 2.24. The van der Waals surface area contributed by atoms with E-state index in [-0.39, 0.29) is 11.1 Å². The molecule has 2 heterocycles. The van der Waals surface area contributed by atoms with E-state index in [9.17, 15) is 4.79 Å². The van der Waals surface area contributed by atoms with Gasteiger partial charge in [-0.3, -0.25) is 4.79 Å². The molecule has 2 aromatic rings. The molecule has 1 aliphatic carbocycles. The van der Waals surface area contributed by atoms with Gasteiger partial charge >= 0.3 is 0 Å². The van der Waals surface area contributed by atoms with Gasteiger partial charge in [0.05, 0.1) is 0 Å². The molecule has 2 aromatic heterocycles. The third-order valence-corrected chi connectivity index (χ3v) is 4.31. The van der Waals surface area contributed by atoms with Crippen molar-refractivity contribution >= 4 is 5.52 Å². The van der Waals surface area contributed by atoms with Gasteiger partial charge in [-0.25, -0.2) is 0 Å². The Morgan fingerprint density at radius 1 is 1.00 bits per heavy atom. The van der Waals surface area contributed by atoms with Crippen molar-refractivity contribution in [3.8, 4) is 0 Å². The summed E-state index contributed by atoms with van der Waals surface area (Å²) in [7, 11) is 0. The standard InChI is InChI=1S/C17H24N2O/c1-17(2,3)19-14-10-7-5-4-6-9-13(14)18-12-8-11-15(18)16(19)20/h8,11-12H,4-7,9-10H2,1-3H3. The maximum Gasteiger partial charge on any atom is 0.275 e. The second-order valence-corrected chi connectivity index (χ2v) is 6.88. The number of hydrogen-bond acceptors (Lipinski definition) is 1. The zero-order valence-corrected chi connectivity index (χ0v) is 12.8. The lowest BCUT2D eigenvalue weighted by Crippen LogP contribution is -2.38. The topological polar surface area (TPSA) is 26.4 Å². The number of aromatic nitrogens is 2. The summed E-state index contributed by atoms with van der Waals surface area (Å²) in [6, 6.07) is 3.94. The van der Waals surface area contributed by atoms with Crippen LogP contribution in [0.5, 0.6) is 0 Å². The van der Waals surface area contributed by atoms with Crippen molar-refractivity contribution in [2.75, 3.05) is 0 Å². The van der Waals surface area contributed by atoms with Crippen LogP contribution in [0, 0.1) is 0 Å². The Labute approximate surface area is 120 Å². The van der Waals surface area contributed by atoms with Crippen LogP contribution in [0.4, 0.5) is 0 Å². The molecule has 0 unspecified atom stereocenters. The Balaban J connectivity index is 2.38. The Hall–Kier alpha value is -1.51. The van der Waals surface area contributed by atoms with Crippen LogP contribution in [0.3, 0.4) is 0 Å². The van der Waals surface area contributed by atoms with Crippen LogP contribution in [0.25, 0.3) is 5.52 Å². The fourth-order valence-corrected chi connectivity index (χ4v) is 3.46. The average Bonchev–Trinajstić information content (AvgIpc) is 2.79. The second-order valence-electron chi connectivity index (χ2n) is 6.88. The van der Waals surface area contributed by atoms with Crippen LogP contribution in [-0.4, -0.2) is 8.97 Å². The normalized spacial score (nSPS) is 16.8. The minimum Gasteiger partial charge on any atom is -0.314 e. The fourth-order valence-electron chi connectivity index (χ4n) is 3.46. The van der Waals surface area contributed by atoms with Gasteiger partial charge in [0, 0.05) is 23.1 Å². The molecule has 0 N–H and O–H groups in total. The third-order valence-electron chi connectivity index (χ3n) is 4.31. The van der Waals surface area contributed by atoms with Crippen LogP contribution < -0.4 is 5.56 Å². The van der Waals surface area contributed by atoms with Crippen LogP contribution in [0.15, 0.2) is 23.1 Å². The summed E-state index contributed by atoms with van der Waals surface area (Å²) in [5.41, 5.74) is 3.41. The van der Waals surface area contributed by atoms with Crippen molar-refractivity contribution in [2.24, 2.45) is 0 Å². The first-order chi connectivity index (χ1) is 9.50. The molecule has 0 fully saturated rings. The molecular weight excluding hydrogens is 248 g/mol. The van der Waals surface area contributed by atoms with Crippen molar-refractivity contribution in [2.45, 2.75) is 64.8 Å². The molecule has 0 bridgehead atoms. The molecule has 20 heavy (non-hydrogen) atoms. The lowest BCUT2D eigenvalue weighted by molar-refractivity contribution is 0.363. The zero-order chi connectivity index (χ0) is 14.3. The van der Waals surface area contributed by atoms with E-state index in [1.165, 1.54) is 37.1 Å². The van der Waals surface area contributed by atoms with E-state index in [1.807, 2.05) is 22.9 Å². The molecule has 0 amide bonds. The average molecular weight is 272 g/mol. The lowest BCUT2D eigenvalue weighted by atomic mass is 9.98. The summed E-state index contributed by atoms with van der Waals surface area (Å²) in [5.74, 6) is 0. The van der Waals surface area contributed by atoms with E-state index in [0.29, 0.717) is 0 Å². The predicted octanol–water partition coefficient (Wildman–Crippen LogP) is 3.52. The Morgan fingerprint density at radius 2 is 1.65 bits per heavy atom. The second kappa shape index (κ2) is 4.80. The maximum atomic E-state index is 12.8. The van der Waals surface area contributed by atoms with E-state index in [0.717, 1.165) is 18.4 Å². The van der Waals surface area contributed by atoms with Gasteiger partial charge < -0.3 is 8.97 Å². The van der Waals surface area contributed by atoms with Crippen LogP contribution in [0.2, 0.25) is 0 Å². The highest BCUT2D eigenvalue weighted by molar-refractivity contribution is 5.48. The summed E-state index contributed by atoms with van der Waals surface area (Å²) >= 11 is 0. The molecule has 108 valence electrons. The molecule has 0 spiro atoms. The first-order valence-electron chi connectivity index (χ1n) is 7.74. The largest absolute Gasteiger partial charge is 0.314 e. The van der Waals surface area contributed by atoms with E-state index in [1.54, 1.807) is 0 Å². The van der Waals surface area contributed by atoms with Crippen molar-refractivity contribution in [3.05, 3.63) is 40.1 Å². The number of nitrogens with zero attached hydrogens (tertiary/aromatic N) is 2. The molecule has 3 nitrogen and oxygen atoms in total. The first-order valence-corrected chi connectivity index (χ1v) is 7.74. The van der Waals surface area contributed by atoms with Gasteiger partial charge in [0.25, 0.3) is 5.56 Å². The number of aryl methyl sites for hydroxylation is 1. The smallest absolute Gasteiger partial charge is 0.275 e. The predicted molar refractivity (Wildman–Crippen MR) is 82.5 cm³/mol. The minimum atomic E-state index is -0.160. The molecule has 0 atom stereocenters. The van der Waals surface area contributed by atoms with E-state index in [4.69, 9.17) is 0 Å². The van der Waals surface area contributed by atoms with Gasteiger partial charge in [0.1, 0.15) is 5.52 Å². The van der Waals surface area contributed by atoms with Gasteiger partial charge in [0.15, 0.2) is 0 Å². The Morgan fingerprint density at radius 3 is 2.30 bits per heavy atom. The Bertz CT molecular complexity index is 685. The van der Waals surface area contributed by atoms with Gasteiger partial charge in [0.2, 0.25) is 0 Å². The SMILES string of the molecule is CC(C)(C)n1c2c(n3cccc3c1=O)CCCCCC2. The van der Waals surface area contributed by atoms with Gasteiger partial charge in [-0.2, -0.15) is 0 Å². The van der Waals surface area contributed by atoms with Gasteiger partial charge in [-0.1, -0.05) is 12.8 Å². The van der Waals surface area contributed by atoms with Crippen LogP contribution in [0.1, 0.15) is 57.8 Å². The summed E-state index contributed by atoms with van der Waals surface area (Å²) in [6.45, 7) is 6.40. The molecule has 1 aliphatic rings. The number of hydrogen-bond donors (Lipinski definition) is 0. The van der Waals surface area contributed by atoms with Crippen LogP contribution >= 0.6 is 0 Å². The van der Waals surface area contributed by atoms with Crippen molar-refractivity contribution in [3.63, 3.8) is 0 Å². The molecule has 0 radical (unpaired) electrons. The van der Waals surface area contributed by atoms with Crippen molar-refractivity contribution in [1.29, 1.82) is 0 Å². The molecule has 3 heteroatoms. The van der Waals surface area contributed by atoms with E-state index < -0.39 is 0 Å². The van der Waals surface area contributed by atoms with Gasteiger partial charge in [-0.15, -0.1) is 0 Å². The van der Waals surface area contributed by atoms with E-state index >= 15 is 0 Å². The Kier molecular flexibility index (Phi) is 3.23. The molecule has 0 aromatic carbocycles. The third kappa shape index (κ3) is 2.09. The summed E-state index contributed by atoms with van der Waals surface area (Å²) < 4.78 is 4.17. The summed E-state index contributed by atoms with van der Waals surface area (Å²) in [6.07, 6.45) is 9.15. The van der Waals surface area contributed by atoms with Crippen molar-refractivity contribution < 1.29 is 0 Å². The molecule has 3 rings (SSSR count). The molecule has 0 saturated heterocycles. The lowest BCUT2D eigenvalue weighted by Gasteiger charge is -2.30. The summed E-state index contributed by atoms with van der Waals surface area (Å²) in [4.78, 5) is 12.8. The minimum absolute atomic E-state index is 0.154. The number of fused-ring (bicyclic) bond motifs is 3. The molecular formula is C17H24N2O. The maximum absolute atomic E-state index is 12.8.